The Bertz CT molecular complexity index is 612. The van der Waals surface area contributed by atoms with Gasteiger partial charge in [0.15, 0.2) is 5.78 Å². The van der Waals surface area contributed by atoms with E-state index < -0.39 is 5.92 Å². The number of carbonyl (C=O) groups excluding carboxylic acids is 1. The fourth-order valence-corrected chi connectivity index (χ4v) is 2.00. The Morgan fingerprint density at radius 1 is 1.15 bits per heavy atom. The van der Waals surface area contributed by atoms with Gasteiger partial charge >= 0.3 is 0 Å². The standard InChI is InChI=1S/C17H15NO2/c1-20-16-9-7-13(8-10-16)15(12-18)11-17(19)14-5-3-2-4-6-14/h2-10,15H,11H2,1H3/t15-/m1/s1. The molecule has 0 aliphatic heterocycles. The van der Waals surface area contributed by atoms with E-state index in [0.717, 1.165) is 11.3 Å². The van der Waals surface area contributed by atoms with Gasteiger partial charge in [-0.15, -0.1) is 0 Å². The molecule has 0 amide bonds. The Hall–Kier alpha value is -2.60. The Balaban J connectivity index is 2.13. The van der Waals surface area contributed by atoms with E-state index in [1.807, 2.05) is 30.3 Å². The van der Waals surface area contributed by atoms with Crippen LogP contribution in [0.25, 0.3) is 0 Å². The molecule has 0 aliphatic rings. The second-order valence-electron chi connectivity index (χ2n) is 4.45. The number of methoxy groups -OCH3 is 1. The first-order chi connectivity index (χ1) is 9.74. The number of ether oxygens (including phenoxy) is 1. The first kappa shape index (κ1) is 13.8. The molecule has 0 aliphatic carbocycles. The lowest BCUT2D eigenvalue weighted by molar-refractivity contribution is 0.0979. The molecule has 0 aromatic heterocycles. The van der Waals surface area contributed by atoms with Gasteiger partial charge in [-0.25, -0.2) is 0 Å². The van der Waals surface area contributed by atoms with Crippen molar-refractivity contribution in [2.24, 2.45) is 0 Å². The molecular formula is C17H15NO2. The number of hydrogen-bond acceptors (Lipinski definition) is 3. The van der Waals surface area contributed by atoms with E-state index in [4.69, 9.17) is 4.74 Å². The average Bonchev–Trinajstić information content (AvgIpc) is 2.53. The van der Waals surface area contributed by atoms with Crippen molar-refractivity contribution in [3.63, 3.8) is 0 Å². The van der Waals surface area contributed by atoms with Gasteiger partial charge in [0.1, 0.15) is 5.75 Å². The molecule has 100 valence electrons. The van der Waals surface area contributed by atoms with Crippen molar-refractivity contribution in [2.75, 3.05) is 7.11 Å². The van der Waals surface area contributed by atoms with E-state index in [9.17, 15) is 10.1 Å². The normalized spacial score (nSPS) is 11.4. The van der Waals surface area contributed by atoms with Gasteiger partial charge in [0, 0.05) is 12.0 Å². The molecular weight excluding hydrogens is 250 g/mol. The van der Waals surface area contributed by atoms with Crippen molar-refractivity contribution in [3.8, 4) is 11.8 Å². The smallest absolute Gasteiger partial charge is 0.164 e. The molecule has 0 spiro atoms. The number of nitrogens with zero attached hydrogens (tertiary/aromatic N) is 1. The van der Waals surface area contributed by atoms with Crippen molar-refractivity contribution in [1.29, 1.82) is 5.26 Å². The molecule has 0 bridgehead atoms. The van der Waals surface area contributed by atoms with Crippen LogP contribution in [0.2, 0.25) is 0 Å². The van der Waals surface area contributed by atoms with Gasteiger partial charge in [-0.05, 0) is 17.7 Å². The first-order valence-electron chi connectivity index (χ1n) is 6.36. The van der Waals surface area contributed by atoms with Gasteiger partial charge in [0.2, 0.25) is 0 Å². The number of hydrogen-bond donors (Lipinski definition) is 0. The highest BCUT2D eigenvalue weighted by Gasteiger charge is 2.16. The summed E-state index contributed by atoms with van der Waals surface area (Å²) in [6.07, 6.45) is 0.187. The summed E-state index contributed by atoms with van der Waals surface area (Å²) in [6, 6.07) is 18.5. The summed E-state index contributed by atoms with van der Waals surface area (Å²) in [7, 11) is 1.59. The van der Waals surface area contributed by atoms with Crippen LogP contribution >= 0.6 is 0 Å². The largest absolute Gasteiger partial charge is 0.497 e. The molecule has 2 aromatic carbocycles. The van der Waals surface area contributed by atoms with Crippen LogP contribution in [0.4, 0.5) is 0 Å². The van der Waals surface area contributed by atoms with Crippen LogP contribution in [0.15, 0.2) is 54.6 Å². The van der Waals surface area contributed by atoms with Crippen molar-refractivity contribution in [1.82, 2.24) is 0 Å². The van der Waals surface area contributed by atoms with Gasteiger partial charge in [0.05, 0.1) is 19.1 Å². The maximum absolute atomic E-state index is 12.1. The molecule has 3 nitrogen and oxygen atoms in total. The topological polar surface area (TPSA) is 50.1 Å². The third-order valence-corrected chi connectivity index (χ3v) is 3.16. The molecule has 0 saturated heterocycles. The minimum absolute atomic E-state index is 0.0204. The SMILES string of the molecule is COc1ccc([C@@H](C#N)CC(=O)c2ccccc2)cc1. The molecule has 0 saturated carbocycles. The molecule has 3 heteroatoms. The van der Waals surface area contributed by atoms with Gasteiger partial charge < -0.3 is 4.74 Å². The van der Waals surface area contributed by atoms with E-state index >= 15 is 0 Å². The molecule has 1 atom stereocenters. The van der Waals surface area contributed by atoms with Gasteiger partial charge in [-0.3, -0.25) is 4.79 Å². The predicted molar refractivity (Wildman–Crippen MR) is 76.7 cm³/mol. The zero-order valence-electron chi connectivity index (χ0n) is 11.2. The summed E-state index contributed by atoms with van der Waals surface area (Å²) in [5.41, 5.74) is 1.47. The van der Waals surface area contributed by atoms with E-state index in [1.54, 1.807) is 31.4 Å². The molecule has 2 aromatic rings. The Morgan fingerprint density at radius 2 is 1.80 bits per heavy atom. The van der Waals surface area contributed by atoms with E-state index in [0.29, 0.717) is 5.56 Å². The maximum Gasteiger partial charge on any atom is 0.164 e. The van der Waals surface area contributed by atoms with Crippen molar-refractivity contribution < 1.29 is 9.53 Å². The summed E-state index contributed by atoms with van der Waals surface area (Å²) in [5.74, 6) is 0.279. The highest BCUT2D eigenvalue weighted by molar-refractivity contribution is 5.96. The average molecular weight is 265 g/mol. The van der Waals surface area contributed by atoms with Gasteiger partial charge in [-0.2, -0.15) is 5.26 Å². The van der Waals surface area contributed by atoms with E-state index in [1.165, 1.54) is 0 Å². The Labute approximate surface area is 118 Å². The highest BCUT2D eigenvalue weighted by atomic mass is 16.5. The summed E-state index contributed by atoms with van der Waals surface area (Å²) in [6.45, 7) is 0. The number of benzene rings is 2. The Morgan fingerprint density at radius 3 is 2.35 bits per heavy atom. The fraction of sp³-hybridized carbons (Fsp3) is 0.176. The predicted octanol–water partition coefficient (Wildman–Crippen LogP) is 3.58. The lowest BCUT2D eigenvalue weighted by Crippen LogP contribution is -2.06. The molecule has 0 N–H and O–H groups in total. The van der Waals surface area contributed by atoms with Crippen molar-refractivity contribution in [3.05, 3.63) is 65.7 Å². The molecule has 2 rings (SSSR count). The second-order valence-corrected chi connectivity index (χ2v) is 4.45. The first-order valence-corrected chi connectivity index (χ1v) is 6.36. The minimum Gasteiger partial charge on any atom is -0.497 e. The van der Waals surface area contributed by atoms with Gasteiger partial charge in [0.25, 0.3) is 0 Å². The third-order valence-electron chi connectivity index (χ3n) is 3.16. The maximum atomic E-state index is 12.1. The molecule has 0 radical (unpaired) electrons. The molecule has 0 heterocycles. The van der Waals surface area contributed by atoms with Crippen LogP contribution < -0.4 is 4.74 Å². The number of ketones is 1. The van der Waals surface area contributed by atoms with Crippen LogP contribution in [0.5, 0.6) is 5.75 Å². The summed E-state index contributed by atoms with van der Waals surface area (Å²) < 4.78 is 5.08. The quantitative estimate of drug-likeness (QED) is 0.776. The van der Waals surface area contributed by atoms with Crippen LogP contribution in [0.1, 0.15) is 28.3 Å². The molecule has 20 heavy (non-hydrogen) atoms. The fourth-order valence-electron chi connectivity index (χ4n) is 2.00. The minimum atomic E-state index is -0.436. The number of rotatable bonds is 5. The lowest BCUT2D eigenvalue weighted by atomic mass is 9.93. The monoisotopic (exact) mass is 265 g/mol. The molecule has 0 unspecified atom stereocenters. The van der Waals surface area contributed by atoms with Gasteiger partial charge in [-0.1, -0.05) is 42.5 Å². The van der Waals surface area contributed by atoms with E-state index in [2.05, 4.69) is 6.07 Å². The summed E-state index contributed by atoms with van der Waals surface area (Å²) in [4.78, 5) is 12.1. The zero-order valence-corrected chi connectivity index (χ0v) is 11.2. The van der Waals surface area contributed by atoms with Crippen LogP contribution in [-0.2, 0) is 0 Å². The van der Waals surface area contributed by atoms with Crippen molar-refractivity contribution in [2.45, 2.75) is 12.3 Å². The summed E-state index contributed by atoms with van der Waals surface area (Å²) >= 11 is 0. The Kier molecular flexibility index (Phi) is 4.52. The molecule has 0 fully saturated rings. The highest BCUT2D eigenvalue weighted by Crippen LogP contribution is 2.23. The second kappa shape index (κ2) is 6.53. The number of Topliss-reactive ketones (excluding diaryl/α,β-unsaturated/α-hetero) is 1. The zero-order chi connectivity index (χ0) is 14.4. The van der Waals surface area contributed by atoms with Crippen molar-refractivity contribution >= 4 is 5.78 Å². The lowest BCUT2D eigenvalue weighted by Gasteiger charge is -2.09. The van der Waals surface area contributed by atoms with Crippen LogP contribution in [0.3, 0.4) is 0 Å². The number of nitriles is 1. The number of carbonyl (C=O) groups is 1. The summed E-state index contributed by atoms with van der Waals surface area (Å²) in [5, 5.41) is 9.27. The van der Waals surface area contributed by atoms with E-state index in [-0.39, 0.29) is 12.2 Å². The van der Waals surface area contributed by atoms with Crippen LogP contribution in [0, 0.1) is 11.3 Å². The third kappa shape index (κ3) is 3.24. The van der Waals surface area contributed by atoms with Crippen LogP contribution in [-0.4, -0.2) is 12.9 Å².